The number of anilines is 3. The Morgan fingerprint density at radius 3 is 1.34 bits per heavy atom. The maximum absolute atomic E-state index is 4.68. The van der Waals surface area contributed by atoms with E-state index in [1.54, 1.807) is 0 Å². The van der Waals surface area contributed by atoms with Gasteiger partial charge in [0.15, 0.2) is 0 Å². The van der Waals surface area contributed by atoms with Crippen LogP contribution in [0, 0.1) is 0 Å². The van der Waals surface area contributed by atoms with E-state index in [-0.39, 0.29) is 0 Å². The second kappa shape index (κ2) is 17.0. The van der Waals surface area contributed by atoms with Gasteiger partial charge in [-0.15, -0.1) is 22.7 Å². The average Bonchev–Trinajstić information content (AvgIpc) is 4.20. The van der Waals surface area contributed by atoms with Crippen LogP contribution in [0.2, 0.25) is 0 Å². The molecule has 71 heavy (non-hydrogen) atoms. The number of thiophene rings is 2. The lowest BCUT2D eigenvalue weighted by Crippen LogP contribution is -2.10. The predicted molar refractivity (Wildman–Crippen MR) is 300 cm³/mol. The molecule has 0 aliphatic carbocycles. The molecular formula is C64H41N5S2. The second-order valence-corrected chi connectivity index (χ2v) is 20.0. The normalized spacial score (nSPS) is 11.7. The smallest absolute Gasteiger partial charge is 0.0702 e. The summed E-state index contributed by atoms with van der Waals surface area (Å²) in [5, 5.41) is 4.99. The highest BCUT2D eigenvalue weighted by molar-refractivity contribution is 7.31. The van der Waals surface area contributed by atoms with Crippen LogP contribution in [0.1, 0.15) is 0 Å². The van der Waals surface area contributed by atoms with Crippen molar-refractivity contribution in [3.05, 3.63) is 249 Å². The Balaban J connectivity index is 0.862. The average molecular weight is 944 g/mol. The van der Waals surface area contributed by atoms with Gasteiger partial charge in [-0.2, -0.15) is 0 Å². The molecule has 6 aromatic heterocycles. The van der Waals surface area contributed by atoms with Gasteiger partial charge in [0, 0.05) is 92.7 Å². The summed E-state index contributed by atoms with van der Waals surface area (Å²) >= 11 is 3.73. The molecule has 8 aromatic carbocycles. The van der Waals surface area contributed by atoms with E-state index in [4.69, 9.17) is 0 Å². The molecule has 0 atom stereocenters. The molecule has 14 aromatic rings. The zero-order valence-corrected chi connectivity index (χ0v) is 39.9. The van der Waals surface area contributed by atoms with Gasteiger partial charge >= 0.3 is 0 Å². The highest BCUT2D eigenvalue weighted by atomic mass is 32.1. The lowest BCUT2D eigenvalue weighted by Gasteiger charge is -2.27. The van der Waals surface area contributed by atoms with Crippen LogP contribution in [0.25, 0.3) is 108 Å². The van der Waals surface area contributed by atoms with Gasteiger partial charge in [0.1, 0.15) is 0 Å². The van der Waals surface area contributed by atoms with E-state index in [0.717, 1.165) is 51.0 Å². The topological polar surface area (TPSA) is 38.9 Å². The number of hydrogen-bond donors (Lipinski definition) is 0. The van der Waals surface area contributed by atoms with E-state index in [2.05, 4.69) is 236 Å². The molecule has 0 amide bonds. The van der Waals surface area contributed by atoms with Crippen molar-refractivity contribution in [2.75, 3.05) is 4.90 Å². The molecule has 0 saturated carbocycles. The summed E-state index contributed by atoms with van der Waals surface area (Å²) in [6, 6.07) is 85.3. The van der Waals surface area contributed by atoms with Crippen molar-refractivity contribution in [2.24, 2.45) is 0 Å². The van der Waals surface area contributed by atoms with Crippen molar-refractivity contribution in [2.45, 2.75) is 0 Å². The monoisotopic (exact) mass is 943 g/mol. The fourth-order valence-corrected chi connectivity index (χ4v) is 12.8. The van der Waals surface area contributed by atoms with E-state index < -0.39 is 0 Å². The van der Waals surface area contributed by atoms with Crippen molar-refractivity contribution in [3.63, 3.8) is 0 Å². The highest BCUT2D eigenvalue weighted by Gasteiger charge is 2.21. The third-order valence-corrected chi connectivity index (χ3v) is 16.0. The van der Waals surface area contributed by atoms with Crippen LogP contribution < -0.4 is 4.90 Å². The van der Waals surface area contributed by atoms with Crippen molar-refractivity contribution in [3.8, 4) is 54.8 Å². The number of pyridine rings is 2. The summed E-state index contributed by atoms with van der Waals surface area (Å²) < 4.78 is 7.42. The summed E-state index contributed by atoms with van der Waals surface area (Å²) in [7, 11) is 0. The quantitative estimate of drug-likeness (QED) is 0.145. The van der Waals surface area contributed by atoms with Crippen LogP contribution in [0.4, 0.5) is 17.1 Å². The van der Waals surface area contributed by atoms with Crippen molar-refractivity contribution < 1.29 is 0 Å². The van der Waals surface area contributed by atoms with Crippen molar-refractivity contribution in [1.29, 1.82) is 0 Å². The Hall–Kier alpha value is -8.88. The SMILES string of the molecule is c1ccc(-n2c3ccccc3c3cc4c5cc(-c6cc7sc(-c8cccc(N(c9cccc(-c%10ccccn%10)c9)c9cccc(-c%10ccccn%10)c9)c8)cc7s6)ccc5n(-c5ccccc5)c4cc32)cc1. The molecule has 0 aliphatic heterocycles. The molecular weight excluding hydrogens is 903 g/mol. The number of hydrogen-bond acceptors (Lipinski definition) is 5. The van der Waals surface area contributed by atoms with E-state index in [9.17, 15) is 0 Å². The Bertz CT molecular complexity index is 4170. The zero-order chi connectivity index (χ0) is 46.8. The predicted octanol–water partition coefficient (Wildman–Crippen LogP) is 18.1. The summed E-state index contributed by atoms with van der Waals surface area (Å²) in [5.74, 6) is 0. The van der Waals surface area contributed by atoms with Gasteiger partial charge in [-0.1, -0.05) is 109 Å². The van der Waals surface area contributed by atoms with E-state index in [0.29, 0.717) is 0 Å². The standard InChI is InChI=1S/C64H41N5S2/c1-3-19-46(20-4-1)68-57-29-8-7-26-51(57)53-38-54-52-37-45(30-31-58(52)69(60(54)39-59(53)68)47-21-5-2-6-22-47)62-41-64-63(71-62)40-61(70-64)44-18-15-25-50(36-44)67(48-23-13-16-42(34-48)55-27-9-11-32-65-55)49-24-14-17-43(35-49)56-28-10-12-33-66-56/h1-41H. The molecule has 334 valence electrons. The first-order chi connectivity index (χ1) is 35.2. The number of benzene rings is 8. The molecule has 0 aliphatic rings. The van der Waals surface area contributed by atoms with Crippen LogP contribution in [0.15, 0.2) is 249 Å². The first kappa shape index (κ1) is 41.1. The lowest BCUT2D eigenvalue weighted by molar-refractivity contribution is 1.16. The van der Waals surface area contributed by atoms with E-state index >= 15 is 0 Å². The largest absolute Gasteiger partial charge is 0.310 e. The molecule has 0 saturated heterocycles. The fourth-order valence-electron chi connectivity index (χ4n) is 10.4. The van der Waals surface area contributed by atoms with Gasteiger partial charge in [-0.25, -0.2) is 0 Å². The van der Waals surface area contributed by atoms with Crippen LogP contribution >= 0.6 is 22.7 Å². The Kier molecular flexibility index (Phi) is 9.82. The van der Waals surface area contributed by atoms with Crippen LogP contribution in [0.3, 0.4) is 0 Å². The molecule has 0 fully saturated rings. The van der Waals surface area contributed by atoms with Crippen molar-refractivity contribution in [1.82, 2.24) is 19.1 Å². The molecule has 0 unspecified atom stereocenters. The summed E-state index contributed by atoms with van der Waals surface area (Å²) in [6.45, 7) is 0. The van der Waals surface area contributed by atoms with Gasteiger partial charge in [0.2, 0.25) is 0 Å². The molecule has 0 spiro atoms. The van der Waals surface area contributed by atoms with Crippen LogP contribution in [-0.2, 0) is 0 Å². The fraction of sp³-hybridized carbons (Fsp3) is 0. The number of aromatic nitrogens is 4. The van der Waals surface area contributed by atoms with E-state index in [1.165, 1.54) is 73.9 Å². The van der Waals surface area contributed by atoms with Gasteiger partial charge in [-0.05, 0) is 139 Å². The second-order valence-electron chi connectivity index (χ2n) is 17.8. The minimum Gasteiger partial charge on any atom is -0.310 e. The minimum absolute atomic E-state index is 0.937. The first-order valence-electron chi connectivity index (χ1n) is 23.8. The van der Waals surface area contributed by atoms with E-state index in [1.807, 2.05) is 59.3 Å². The molecule has 0 radical (unpaired) electrons. The Morgan fingerprint density at radius 2 is 0.775 bits per heavy atom. The van der Waals surface area contributed by atoms with Gasteiger partial charge in [-0.3, -0.25) is 9.97 Å². The zero-order valence-electron chi connectivity index (χ0n) is 38.2. The third kappa shape index (κ3) is 7.13. The van der Waals surface area contributed by atoms with Crippen LogP contribution in [0.5, 0.6) is 0 Å². The summed E-state index contributed by atoms with van der Waals surface area (Å²) in [4.78, 5) is 14.2. The van der Waals surface area contributed by atoms with Crippen molar-refractivity contribution >= 4 is 92.7 Å². The number of fused-ring (bicyclic) bond motifs is 7. The number of nitrogens with zero attached hydrogens (tertiary/aromatic N) is 5. The minimum atomic E-state index is 0.937. The van der Waals surface area contributed by atoms with Gasteiger partial charge < -0.3 is 14.0 Å². The highest BCUT2D eigenvalue weighted by Crippen LogP contribution is 2.46. The first-order valence-corrected chi connectivity index (χ1v) is 25.4. The molecule has 7 heteroatoms. The summed E-state index contributed by atoms with van der Waals surface area (Å²) in [5.41, 5.74) is 16.7. The molecule has 6 heterocycles. The maximum Gasteiger partial charge on any atom is 0.0702 e. The number of para-hydroxylation sites is 3. The van der Waals surface area contributed by atoms with Gasteiger partial charge in [0.05, 0.1) is 33.5 Å². The lowest BCUT2D eigenvalue weighted by atomic mass is 10.1. The summed E-state index contributed by atoms with van der Waals surface area (Å²) in [6.07, 6.45) is 3.70. The molecule has 14 rings (SSSR count). The Morgan fingerprint density at radius 1 is 0.310 bits per heavy atom. The molecule has 5 nitrogen and oxygen atoms in total. The number of rotatable bonds is 9. The van der Waals surface area contributed by atoms with Crippen LogP contribution in [-0.4, -0.2) is 19.1 Å². The van der Waals surface area contributed by atoms with Gasteiger partial charge in [0.25, 0.3) is 0 Å². The maximum atomic E-state index is 4.68. The molecule has 0 bridgehead atoms. The third-order valence-electron chi connectivity index (χ3n) is 13.6. The molecule has 0 N–H and O–H groups in total. The Labute approximate surface area is 418 Å².